The number of allylic oxidation sites excluding steroid dienone is 11. The van der Waals surface area contributed by atoms with Gasteiger partial charge in [-0.1, -0.05) is 157 Å². The minimum Gasteiger partial charge on any atom is -0.480 e. The van der Waals surface area contributed by atoms with Crippen molar-refractivity contribution < 1.29 is 52.6 Å². The van der Waals surface area contributed by atoms with Crippen molar-refractivity contribution >= 4 is 25.7 Å². The monoisotopic (exact) mass is 880 g/mol. The molecule has 0 fully saturated rings. The highest BCUT2D eigenvalue weighted by atomic mass is 31.2. The van der Waals surface area contributed by atoms with Crippen LogP contribution in [-0.2, 0) is 37.5 Å². The molecule has 13 heteroatoms. The molecule has 1 unspecified atom stereocenters. The molecule has 5 N–H and O–H groups in total. The summed E-state index contributed by atoms with van der Waals surface area (Å²) < 4.78 is 32.6. The predicted octanol–water partition coefficient (Wildman–Crippen LogP) is 11.5. The minimum absolute atomic E-state index is 0.0104. The Balaban J connectivity index is 4.51. The van der Waals surface area contributed by atoms with Gasteiger partial charge in [0.1, 0.15) is 12.6 Å². The molecule has 0 aromatic rings. The first-order chi connectivity index (χ1) is 29.5. The number of ether oxygens (including phenoxy) is 2. The van der Waals surface area contributed by atoms with Crippen LogP contribution in [0.2, 0.25) is 0 Å². The normalized spacial score (nSPS) is 14.8. The Morgan fingerprint density at radius 1 is 0.590 bits per heavy atom. The Labute approximate surface area is 368 Å². The van der Waals surface area contributed by atoms with E-state index in [1.165, 1.54) is 70.6 Å². The molecule has 0 bridgehead atoms. The van der Waals surface area contributed by atoms with Gasteiger partial charge in [-0.25, -0.2) is 4.57 Å². The summed E-state index contributed by atoms with van der Waals surface area (Å²) in [6, 6.07) is -1.55. The number of aliphatic hydroxyl groups is 1. The molecule has 0 aliphatic rings. The molecular weight excluding hydrogens is 797 g/mol. The third-order valence-corrected chi connectivity index (χ3v) is 10.5. The smallest absolute Gasteiger partial charge is 0.472 e. The molecule has 0 saturated heterocycles. The van der Waals surface area contributed by atoms with Gasteiger partial charge in [0.25, 0.3) is 0 Å². The highest BCUT2D eigenvalue weighted by Gasteiger charge is 2.28. The zero-order valence-electron chi connectivity index (χ0n) is 37.6. The molecule has 0 spiro atoms. The molecule has 0 heterocycles. The second-order valence-corrected chi connectivity index (χ2v) is 16.8. The van der Waals surface area contributed by atoms with Gasteiger partial charge in [0.2, 0.25) is 0 Å². The third kappa shape index (κ3) is 42.0. The molecule has 350 valence electrons. The van der Waals surface area contributed by atoms with E-state index in [1.54, 1.807) is 12.2 Å². The quantitative estimate of drug-likeness (QED) is 0.0149. The van der Waals surface area contributed by atoms with Crippen LogP contribution in [0.1, 0.15) is 174 Å². The summed E-state index contributed by atoms with van der Waals surface area (Å²) in [7, 11) is -4.77. The number of aliphatic carboxylic acids is 1. The number of carboxylic acid groups (broad SMARTS) is 1. The van der Waals surface area contributed by atoms with E-state index in [2.05, 4.69) is 67.0 Å². The van der Waals surface area contributed by atoms with Gasteiger partial charge in [0.15, 0.2) is 6.10 Å². The Kier molecular flexibility index (Phi) is 40.0. The molecule has 0 saturated carbocycles. The van der Waals surface area contributed by atoms with Crippen LogP contribution in [0.3, 0.4) is 0 Å². The molecule has 12 nitrogen and oxygen atoms in total. The first-order valence-electron chi connectivity index (χ1n) is 23.1. The van der Waals surface area contributed by atoms with E-state index in [0.717, 1.165) is 57.8 Å². The number of hydrogen-bond donors (Lipinski definition) is 4. The number of rotatable bonds is 42. The molecule has 0 aliphatic carbocycles. The number of phosphoric ester groups is 1. The fourth-order valence-corrected chi connectivity index (χ4v) is 6.62. The molecule has 0 aliphatic heterocycles. The summed E-state index contributed by atoms with van der Waals surface area (Å²) >= 11 is 0. The number of carbonyl (C=O) groups is 3. The van der Waals surface area contributed by atoms with Crippen molar-refractivity contribution in [3.8, 4) is 0 Å². The molecule has 0 rings (SSSR count). The minimum atomic E-state index is -4.77. The lowest BCUT2D eigenvalue weighted by molar-refractivity contribution is -0.161. The van der Waals surface area contributed by atoms with Crippen LogP contribution in [0.15, 0.2) is 72.9 Å². The second-order valence-electron chi connectivity index (χ2n) is 15.4. The second kappa shape index (κ2) is 42.2. The van der Waals surface area contributed by atoms with Crippen LogP contribution in [-0.4, -0.2) is 71.1 Å². The van der Waals surface area contributed by atoms with E-state index in [0.29, 0.717) is 19.3 Å². The van der Waals surface area contributed by atoms with Crippen molar-refractivity contribution in [3.05, 3.63) is 72.9 Å². The molecule has 0 radical (unpaired) electrons. The fraction of sp³-hybridized carbons (Fsp3) is 0.688. The van der Waals surface area contributed by atoms with Crippen molar-refractivity contribution in [2.45, 2.75) is 193 Å². The van der Waals surface area contributed by atoms with Gasteiger partial charge < -0.3 is 30.3 Å². The maximum absolute atomic E-state index is 12.7. The molecule has 61 heavy (non-hydrogen) atoms. The van der Waals surface area contributed by atoms with Crippen molar-refractivity contribution in [3.63, 3.8) is 0 Å². The van der Waals surface area contributed by atoms with Gasteiger partial charge in [-0.15, -0.1) is 0 Å². The molecule has 0 aromatic carbocycles. The summed E-state index contributed by atoms with van der Waals surface area (Å²) in [5.74, 6) is -2.61. The third-order valence-electron chi connectivity index (χ3n) is 9.53. The lowest BCUT2D eigenvalue weighted by Gasteiger charge is -2.20. The fourth-order valence-electron chi connectivity index (χ4n) is 5.84. The molecule has 4 atom stereocenters. The van der Waals surface area contributed by atoms with Gasteiger partial charge in [-0.3, -0.25) is 23.4 Å². The molecule has 0 amide bonds. The maximum atomic E-state index is 12.7. The van der Waals surface area contributed by atoms with Crippen LogP contribution in [0.25, 0.3) is 0 Å². The van der Waals surface area contributed by atoms with E-state index in [1.807, 2.05) is 12.2 Å². The molecule has 0 aromatic heterocycles. The van der Waals surface area contributed by atoms with Crippen LogP contribution >= 0.6 is 7.82 Å². The Bertz CT molecular complexity index is 1330. The first kappa shape index (κ1) is 57.9. The number of nitrogens with two attached hydrogens (primary N) is 1. The number of aliphatic hydroxyl groups excluding tert-OH is 1. The maximum Gasteiger partial charge on any atom is 0.472 e. The van der Waals surface area contributed by atoms with Gasteiger partial charge in [0.05, 0.1) is 19.3 Å². The largest absolute Gasteiger partial charge is 0.480 e. The SMILES string of the molecule is CCCCC/C=C\C/C=C\C/C=C\C=C\[C@@H](O)CCCC(=O)OC[C@H](COP(=O)(O)OC[C@H](N)C(=O)O)OC(=O)CCCCCCCCCCC/C=C\C/C=C\CCCCC. The van der Waals surface area contributed by atoms with E-state index >= 15 is 0 Å². The summed E-state index contributed by atoms with van der Waals surface area (Å²) in [5, 5.41) is 19.2. The lowest BCUT2D eigenvalue weighted by Crippen LogP contribution is -2.34. The number of hydrogen-bond acceptors (Lipinski definition) is 10. The van der Waals surface area contributed by atoms with E-state index in [9.17, 15) is 28.9 Å². The highest BCUT2D eigenvalue weighted by molar-refractivity contribution is 7.47. The average Bonchev–Trinajstić information content (AvgIpc) is 3.23. The number of phosphoric acid groups is 1. The van der Waals surface area contributed by atoms with E-state index < -0.39 is 63.8 Å². The number of carboxylic acids is 1. The molecular formula is C48H82NO11P. The standard InChI is InChI=1S/C48H82NO11P/c1-3-5-7-9-11-13-15-17-18-19-20-21-22-24-26-28-30-32-34-38-47(52)60-44(41-58-61(55,56)59-42-45(49)48(53)54)40-57-46(51)39-35-37-43(50)36-33-31-29-27-25-23-16-14-12-10-8-6-4-2/h11-14,17-18,23,25,29,31,33,36,43-45,50H,3-10,15-16,19-22,24,26-28,30,32,34-35,37-42,49H2,1-2H3,(H,53,54)(H,55,56)/b13-11-,14-12-,18-17-,25-23-,31-29-,36-33+/t43-,44-,45+/m1/s1. The Hall–Kier alpha value is -3.12. The summed E-state index contributed by atoms with van der Waals surface area (Å²) in [4.78, 5) is 46.1. The predicted molar refractivity (Wildman–Crippen MR) is 246 cm³/mol. The Morgan fingerprint density at radius 3 is 1.62 bits per heavy atom. The van der Waals surface area contributed by atoms with Gasteiger partial charge in [-0.05, 0) is 77.0 Å². The van der Waals surface area contributed by atoms with Gasteiger partial charge in [0, 0.05) is 12.8 Å². The zero-order chi connectivity index (χ0) is 45.1. The summed E-state index contributed by atoms with van der Waals surface area (Å²) in [6.45, 7) is 2.55. The zero-order valence-corrected chi connectivity index (χ0v) is 38.5. The van der Waals surface area contributed by atoms with Crippen molar-refractivity contribution in [1.29, 1.82) is 0 Å². The van der Waals surface area contributed by atoms with E-state index in [-0.39, 0.29) is 12.8 Å². The van der Waals surface area contributed by atoms with Crippen molar-refractivity contribution in [1.82, 2.24) is 0 Å². The lowest BCUT2D eigenvalue weighted by atomic mass is 10.1. The van der Waals surface area contributed by atoms with Crippen LogP contribution < -0.4 is 5.73 Å². The van der Waals surface area contributed by atoms with Crippen molar-refractivity contribution in [2.24, 2.45) is 5.73 Å². The van der Waals surface area contributed by atoms with Gasteiger partial charge >= 0.3 is 25.7 Å². The number of carbonyl (C=O) groups excluding carboxylic acids is 2. The number of unbranched alkanes of at least 4 members (excludes halogenated alkanes) is 15. The first-order valence-corrected chi connectivity index (χ1v) is 24.6. The Morgan fingerprint density at radius 2 is 1.07 bits per heavy atom. The highest BCUT2D eigenvalue weighted by Crippen LogP contribution is 2.43. The van der Waals surface area contributed by atoms with Gasteiger partial charge in [-0.2, -0.15) is 0 Å². The summed E-state index contributed by atoms with van der Waals surface area (Å²) in [5.41, 5.74) is 5.33. The van der Waals surface area contributed by atoms with Crippen LogP contribution in [0.5, 0.6) is 0 Å². The average molecular weight is 880 g/mol. The van der Waals surface area contributed by atoms with E-state index in [4.69, 9.17) is 24.8 Å². The summed E-state index contributed by atoms with van der Waals surface area (Å²) in [6.07, 6.45) is 47.0. The number of esters is 2. The van der Waals surface area contributed by atoms with Crippen LogP contribution in [0, 0.1) is 0 Å². The van der Waals surface area contributed by atoms with Crippen LogP contribution in [0.4, 0.5) is 0 Å². The topological polar surface area (TPSA) is 192 Å². The van der Waals surface area contributed by atoms with Crippen molar-refractivity contribution in [2.75, 3.05) is 19.8 Å².